The zero-order valence-electron chi connectivity index (χ0n) is 44.5. The molecule has 2 rings (SSSR count). The Hall–Kier alpha value is -1.60. The Kier molecular flexibility index (Phi) is 33.1. The van der Waals surface area contributed by atoms with Gasteiger partial charge in [-0.1, -0.05) is 229 Å². The molecular formula is C56H108O. The minimum atomic E-state index is 0.250. The van der Waals surface area contributed by atoms with Gasteiger partial charge in [-0.2, -0.15) is 0 Å². The maximum absolute atomic E-state index is 5.35. The van der Waals surface area contributed by atoms with Gasteiger partial charge in [0.05, 0.1) is 6.10 Å². The average molecular weight is 797 g/mol. The highest BCUT2D eigenvalue weighted by Crippen LogP contribution is 2.36. The highest BCUT2D eigenvalue weighted by Gasteiger charge is 2.28. The van der Waals surface area contributed by atoms with E-state index in [0.717, 1.165) is 30.8 Å². The van der Waals surface area contributed by atoms with Crippen molar-refractivity contribution in [2.75, 3.05) is 6.61 Å². The molecule has 0 fully saturated rings. The van der Waals surface area contributed by atoms with E-state index in [0.29, 0.717) is 35.2 Å². The van der Waals surface area contributed by atoms with E-state index in [2.05, 4.69) is 215 Å². The Morgan fingerprint density at radius 3 is 0.877 bits per heavy atom. The van der Waals surface area contributed by atoms with Crippen LogP contribution in [0.25, 0.3) is 0 Å². The molecule has 1 heteroatoms. The van der Waals surface area contributed by atoms with Gasteiger partial charge >= 0.3 is 0 Å². The number of ether oxygens (including phenoxy) is 1. The Morgan fingerprint density at radius 1 is 0.404 bits per heavy atom. The zero-order valence-corrected chi connectivity index (χ0v) is 44.5. The van der Waals surface area contributed by atoms with Crippen molar-refractivity contribution < 1.29 is 4.74 Å². The normalized spacial score (nSPS) is 12.1. The number of hydrogen-bond donors (Lipinski definition) is 0. The molecule has 0 saturated carbocycles. The topological polar surface area (TPSA) is 9.23 Å². The van der Waals surface area contributed by atoms with Crippen LogP contribution < -0.4 is 0 Å². The summed E-state index contributed by atoms with van der Waals surface area (Å²) < 4.78 is 5.35. The third-order valence-corrected chi connectivity index (χ3v) is 12.7. The molecule has 0 heterocycles. The fourth-order valence-corrected chi connectivity index (χ4v) is 5.59. The first-order chi connectivity index (χ1) is 25.9. The number of hydrogen-bond acceptors (Lipinski definition) is 1. The zero-order chi connectivity index (χ0) is 46.1. The fourth-order valence-electron chi connectivity index (χ4n) is 5.59. The van der Waals surface area contributed by atoms with Crippen LogP contribution in [0.15, 0.2) is 48.5 Å². The van der Waals surface area contributed by atoms with Crippen molar-refractivity contribution in [2.24, 2.45) is 46.8 Å². The fraction of sp³-hybridized carbons (Fsp3) is 0.786. The predicted octanol–water partition coefficient (Wildman–Crippen LogP) is 18.6. The van der Waals surface area contributed by atoms with Crippen molar-refractivity contribution in [3.8, 4) is 0 Å². The van der Waals surface area contributed by atoms with Crippen LogP contribution in [0.1, 0.15) is 229 Å². The SMILES string of the molecule is CC.CC.CC(C)C(C)(C)Cc1ccc(C(C)(C)C(C)C)cc1.CC(C)C(C)(C)c1ccc(C(C)(C)C(C)C)cc1.CC(C)CC(C)C.CC(C)CCOC(C)C. The van der Waals surface area contributed by atoms with Crippen molar-refractivity contribution >= 4 is 0 Å². The maximum Gasteiger partial charge on any atom is 0.0518 e. The molecule has 2 aromatic carbocycles. The van der Waals surface area contributed by atoms with E-state index in [4.69, 9.17) is 4.74 Å². The summed E-state index contributed by atoms with van der Waals surface area (Å²) in [5.41, 5.74) is 6.93. The molecule has 1 nitrogen and oxygen atoms in total. The highest BCUT2D eigenvalue weighted by atomic mass is 16.5. The molecule has 0 radical (unpaired) electrons. The average Bonchev–Trinajstić information content (AvgIpc) is 3.10. The van der Waals surface area contributed by atoms with Crippen molar-refractivity contribution in [1.29, 1.82) is 0 Å². The van der Waals surface area contributed by atoms with Crippen LogP contribution in [0.4, 0.5) is 0 Å². The molecule has 0 aliphatic heterocycles. The first-order valence-corrected chi connectivity index (χ1v) is 23.7. The van der Waals surface area contributed by atoms with Crippen molar-refractivity contribution in [2.45, 2.75) is 235 Å². The highest BCUT2D eigenvalue weighted by molar-refractivity contribution is 5.33. The molecule has 0 aromatic heterocycles. The smallest absolute Gasteiger partial charge is 0.0518 e. The minimum Gasteiger partial charge on any atom is -0.379 e. The lowest BCUT2D eigenvalue weighted by atomic mass is 9.72. The maximum atomic E-state index is 5.35. The summed E-state index contributed by atoms with van der Waals surface area (Å²) in [7, 11) is 0. The van der Waals surface area contributed by atoms with E-state index >= 15 is 0 Å². The molecule has 0 atom stereocenters. The second-order valence-electron chi connectivity index (χ2n) is 21.3. The summed E-state index contributed by atoms with van der Waals surface area (Å²) in [5, 5.41) is 0. The van der Waals surface area contributed by atoms with Gasteiger partial charge in [0.1, 0.15) is 0 Å². The molecule has 0 saturated heterocycles. The number of rotatable bonds is 15. The van der Waals surface area contributed by atoms with Gasteiger partial charge in [0.25, 0.3) is 0 Å². The molecule has 0 N–H and O–H groups in total. The standard InChI is InChI=1S/C19H32.C18H30.C8H18O.C7H16.2C2H6/c1-14(2)18(5,6)13-16-9-11-17(12-10-16)19(7,8)15(3)4;1-13(2)17(5,6)15-9-11-16(12-10-15)18(7,8)14(3)4;1-7(2)5-6-9-8(3)4;1-6(2)5-7(3)4;2*1-2/h9-12,14-15H,13H2,1-8H3;9-14H,1-8H3;7-8H,5-6H2,1-4H3;6-7H,5H2,1-4H3;2*1-2H3. The molecule has 338 valence electrons. The van der Waals surface area contributed by atoms with Crippen molar-refractivity contribution in [3.05, 3.63) is 70.8 Å². The summed E-state index contributed by atoms with van der Waals surface area (Å²) in [6.45, 7) is 63.7. The van der Waals surface area contributed by atoms with Crippen LogP contribution in [-0.2, 0) is 27.4 Å². The van der Waals surface area contributed by atoms with Crippen molar-refractivity contribution in [3.63, 3.8) is 0 Å². The van der Waals surface area contributed by atoms with Gasteiger partial charge in [0.15, 0.2) is 0 Å². The van der Waals surface area contributed by atoms with E-state index in [1.165, 1.54) is 35.1 Å². The van der Waals surface area contributed by atoms with E-state index < -0.39 is 0 Å². The molecule has 0 amide bonds. The summed E-state index contributed by atoms with van der Waals surface area (Å²) in [5.74, 6) is 5.19. The molecule has 2 aromatic rings. The van der Waals surface area contributed by atoms with Gasteiger partial charge in [0.2, 0.25) is 0 Å². The third kappa shape index (κ3) is 26.3. The van der Waals surface area contributed by atoms with E-state index in [1.54, 1.807) is 0 Å². The van der Waals surface area contributed by atoms with Gasteiger partial charge in [0, 0.05) is 6.61 Å². The quantitative estimate of drug-likeness (QED) is 0.174. The molecule has 0 spiro atoms. The van der Waals surface area contributed by atoms with Crippen LogP contribution in [0.3, 0.4) is 0 Å². The largest absolute Gasteiger partial charge is 0.379 e. The first-order valence-electron chi connectivity index (χ1n) is 23.7. The van der Waals surface area contributed by atoms with Crippen LogP contribution in [0.2, 0.25) is 0 Å². The lowest BCUT2D eigenvalue weighted by Gasteiger charge is -2.33. The van der Waals surface area contributed by atoms with Crippen LogP contribution in [-0.4, -0.2) is 12.7 Å². The van der Waals surface area contributed by atoms with Gasteiger partial charge in [-0.05, 0) is 118 Å². The first kappa shape index (κ1) is 62.1. The molecule has 0 bridgehead atoms. The second-order valence-corrected chi connectivity index (χ2v) is 21.3. The van der Waals surface area contributed by atoms with Crippen LogP contribution >= 0.6 is 0 Å². The number of benzene rings is 2. The second kappa shape index (κ2) is 30.4. The van der Waals surface area contributed by atoms with Crippen LogP contribution in [0.5, 0.6) is 0 Å². The van der Waals surface area contributed by atoms with Crippen molar-refractivity contribution in [1.82, 2.24) is 0 Å². The minimum absolute atomic E-state index is 0.250. The Labute approximate surface area is 363 Å². The third-order valence-electron chi connectivity index (χ3n) is 12.7. The summed E-state index contributed by atoms with van der Waals surface area (Å²) in [6, 6.07) is 18.6. The molecule has 0 aliphatic carbocycles. The van der Waals surface area contributed by atoms with Gasteiger partial charge < -0.3 is 4.74 Å². The molecule has 0 aliphatic rings. The monoisotopic (exact) mass is 797 g/mol. The molecule has 0 unspecified atom stereocenters. The van der Waals surface area contributed by atoms with E-state index in [-0.39, 0.29) is 16.2 Å². The molecular weight excluding hydrogens is 689 g/mol. The van der Waals surface area contributed by atoms with Gasteiger partial charge in [-0.25, -0.2) is 0 Å². The lowest BCUT2D eigenvalue weighted by molar-refractivity contribution is 0.0710. The van der Waals surface area contributed by atoms with Gasteiger partial charge in [-0.15, -0.1) is 0 Å². The van der Waals surface area contributed by atoms with E-state index in [1.807, 2.05) is 27.7 Å². The summed E-state index contributed by atoms with van der Waals surface area (Å²) in [6.07, 6.45) is 4.09. The Balaban J connectivity index is -0.000000340. The Morgan fingerprint density at radius 2 is 0.684 bits per heavy atom. The summed E-state index contributed by atoms with van der Waals surface area (Å²) >= 11 is 0. The predicted molar refractivity (Wildman–Crippen MR) is 266 cm³/mol. The summed E-state index contributed by atoms with van der Waals surface area (Å²) in [4.78, 5) is 0. The lowest BCUT2D eigenvalue weighted by Crippen LogP contribution is -2.26. The van der Waals surface area contributed by atoms with E-state index in [9.17, 15) is 0 Å². The Bertz CT molecular complexity index is 1130. The molecule has 57 heavy (non-hydrogen) atoms. The van der Waals surface area contributed by atoms with Crippen LogP contribution in [0, 0.1) is 46.8 Å². The van der Waals surface area contributed by atoms with Gasteiger partial charge in [-0.3, -0.25) is 0 Å².